The number of anilines is 1. The van der Waals surface area contributed by atoms with Crippen LogP contribution in [0.25, 0.3) is 11.3 Å². The molecule has 0 saturated carbocycles. The molecule has 4 nitrogen and oxygen atoms in total. The Morgan fingerprint density at radius 2 is 1.92 bits per heavy atom. The summed E-state index contributed by atoms with van der Waals surface area (Å²) in [6.45, 7) is 4.56. The van der Waals surface area contributed by atoms with Crippen molar-refractivity contribution >= 4 is 22.4 Å². The predicted molar refractivity (Wildman–Crippen MR) is 107 cm³/mol. The third-order valence-corrected chi connectivity index (χ3v) is 4.78. The van der Waals surface area contributed by atoms with E-state index in [9.17, 15) is 4.79 Å². The van der Waals surface area contributed by atoms with Gasteiger partial charge in [0.1, 0.15) is 5.75 Å². The van der Waals surface area contributed by atoms with Crippen molar-refractivity contribution in [3.63, 3.8) is 0 Å². The van der Waals surface area contributed by atoms with Crippen LogP contribution in [-0.4, -0.2) is 17.5 Å². The minimum atomic E-state index is -0.0359. The van der Waals surface area contributed by atoms with Gasteiger partial charge >= 0.3 is 0 Å². The van der Waals surface area contributed by atoms with Crippen LogP contribution in [0.3, 0.4) is 0 Å². The number of hydrogen-bond donors (Lipinski definition) is 1. The predicted octanol–water partition coefficient (Wildman–Crippen LogP) is 5.22. The Bertz CT molecular complexity index is 875. The van der Waals surface area contributed by atoms with Gasteiger partial charge in [-0.25, -0.2) is 4.98 Å². The van der Waals surface area contributed by atoms with Gasteiger partial charge in [-0.1, -0.05) is 42.5 Å². The molecule has 1 amide bonds. The van der Waals surface area contributed by atoms with Crippen molar-refractivity contribution in [1.29, 1.82) is 0 Å². The zero-order chi connectivity index (χ0) is 18.4. The Balaban J connectivity index is 1.48. The Morgan fingerprint density at radius 1 is 1.12 bits per heavy atom. The molecule has 26 heavy (non-hydrogen) atoms. The lowest BCUT2D eigenvalue weighted by Crippen LogP contribution is -2.12. The summed E-state index contributed by atoms with van der Waals surface area (Å²) in [4.78, 5) is 17.8. The molecule has 0 aliphatic rings. The number of amides is 1. The van der Waals surface area contributed by atoms with Gasteiger partial charge in [0.15, 0.2) is 5.13 Å². The Morgan fingerprint density at radius 3 is 2.69 bits per heavy atom. The molecular weight excluding hydrogens is 344 g/mol. The molecule has 0 bridgehead atoms. The summed E-state index contributed by atoms with van der Waals surface area (Å²) >= 11 is 1.50. The number of carbonyl (C=O) groups excluding carboxylic acids is 1. The minimum Gasteiger partial charge on any atom is -0.494 e. The van der Waals surface area contributed by atoms with E-state index in [2.05, 4.69) is 10.3 Å². The number of carbonyl (C=O) groups is 1. The lowest BCUT2D eigenvalue weighted by molar-refractivity contribution is -0.116. The maximum Gasteiger partial charge on any atom is 0.226 e. The van der Waals surface area contributed by atoms with Crippen LogP contribution in [0, 0.1) is 13.8 Å². The van der Waals surface area contributed by atoms with Crippen LogP contribution in [-0.2, 0) is 4.79 Å². The standard InChI is InChI=1S/C21H22N2O2S/c1-15-8-6-11-18(14-15)25-13-7-12-19(24)22-21-23-20(16(2)26-21)17-9-4-3-5-10-17/h3-6,8-11,14H,7,12-13H2,1-2H3,(H,22,23,24). The smallest absolute Gasteiger partial charge is 0.226 e. The van der Waals surface area contributed by atoms with E-state index in [4.69, 9.17) is 4.74 Å². The Hall–Kier alpha value is -2.66. The molecular formula is C21H22N2O2S. The molecule has 0 saturated heterocycles. The SMILES string of the molecule is Cc1cccc(OCCCC(=O)Nc2nc(-c3ccccc3)c(C)s2)c1. The highest BCUT2D eigenvalue weighted by molar-refractivity contribution is 7.16. The Labute approximate surface area is 157 Å². The molecule has 0 aliphatic heterocycles. The average Bonchev–Trinajstić information content (AvgIpc) is 3.00. The van der Waals surface area contributed by atoms with E-state index in [1.54, 1.807) is 0 Å². The monoisotopic (exact) mass is 366 g/mol. The van der Waals surface area contributed by atoms with Gasteiger partial charge in [-0.05, 0) is 38.0 Å². The van der Waals surface area contributed by atoms with Gasteiger partial charge in [0, 0.05) is 16.9 Å². The molecule has 0 radical (unpaired) electrons. The molecule has 134 valence electrons. The highest BCUT2D eigenvalue weighted by Crippen LogP contribution is 2.30. The first kappa shape index (κ1) is 18.1. The van der Waals surface area contributed by atoms with Gasteiger partial charge in [-0.3, -0.25) is 4.79 Å². The van der Waals surface area contributed by atoms with Gasteiger partial charge < -0.3 is 10.1 Å². The fraction of sp³-hybridized carbons (Fsp3) is 0.238. The van der Waals surface area contributed by atoms with E-state index in [0.717, 1.165) is 27.4 Å². The first-order chi connectivity index (χ1) is 12.6. The number of aryl methyl sites for hydroxylation is 2. The summed E-state index contributed by atoms with van der Waals surface area (Å²) in [5, 5.41) is 3.54. The lowest BCUT2D eigenvalue weighted by atomic mass is 10.1. The number of hydrogen-bond acceptors (Lipinski definition) is 4. The zero-order valence-electron chi connectivity index (χ0n) is 15.0. The van der Waals surface area contributed by atoms with Crippen LogP contribution in [0.4, 0.5) is 5.13 Å². The summed E-state index contributed by atoms with van der Waals surface area (Å²) < 4.78 is 5.68. The van der Waals surface area contributed by atoms with Crippen molar-refractivity contribution < 1.29 is 9.53 Å². The molecule has 0 aliphatic carbocycles. The molecule has 3 aromatic rings. The summed E-state index contributed by atoms with van der Waals surface area (Å²) in [6.07, 6.45) is 1.07. The molecule has 0 fully saturated rings. The van der Waals surface area contributed by atoms with E-state index >= 15 is 0 Å². The van der Waals surface area contributed by atoms with Gasteiger partial charge in [0.2, 0.25) is 5.91 Å². The van der Waals surface area contributed by atoms with Crippen LogP contribution < -0.4 is 10.1 Å². The van der Waals surface area contributed by atoms with Gasteiger partial charge in [-0.2, -0.15) is 0 Å². The number of thiazole rings is 1. The maximum atomic E-state index is 12.1. The molecule has 0 spiro atoms. The topological polar surface area (TPSA) is 51.2 Å². The quantitative estimate of drug-likeness (QED) is 0.583. The van der Waals surface area contributed by atoms with Crippen molar-refractivity contribution in [2.24, 2.45) is 0 Å². The molecule has 0 atom stereocenters. The van der Waals surface area contributed by atoms with Gasteiger partial charge in [0.25, 0.3) is 0 Å². The van der Waals surface area contributed by atoms with E-state index in [0.29, 0.717) is 24.6 Å². The van der Waals surface area contributed by atoms with Crippen LogP contribution in [0.15, 0.2) is 54.6 Å². The van der Waals surface area contributed by atoms with Crippen LogP contribution in [0.5, 0.6) is 5.75 Å². The molecule has 1 aromatic heterocycles. The van der Waals surface area contributed by atoms with Crippen molar-refractivity contribution in [1.82, 2.24) is 4.98 Å². The Kier molecular flexibility index (Phi) is 6.02. The second kappa shape index (κ2) is 8.63. The van der Waals surface area contributed by atoms with Gasteiger partial charge in [-0.15, -0.1) is 11.3 Å². The highest BCUT2D eigenvalue weighted by atomic mass is 32.1. The van der Waals surface area contributed by atoms with E-state index in [-0.39, 0.29) is 5.91 Å². The first-order valence-electron chi connectivity index (χ1n) is 8.64. The summed E-state index contributed by atoms with van der Waals surface area (Å²) in [5.41, 5.74) is 3.15. The van der Waals surface area contributed by atoms with E-state index in [1.807, 2.05) is 68.4 Å². The third-order valence-electron chi connectivity index (χ3n) is 3.90. The largest absolute Gasteiger partial charge is 0.494 e. The number of ether oxygens (including phenoxy) is 1. The average molecular weight is 366 g/mol. The van der Waals surface area contributed by atoms with Crippen molar-refractivity contribution in [3.05, 3.63) is 65.0 Å². The zero-order valence-corrected chi connectivity index (χ0v) is 15.8. The third kappa shape index (κ3) is 4.92. The molecule has 5 heteroatoms. The number of rotatable bonds is 7. The molecule has 1 N–H and O–H groups in total. The van der Waals surface area contributed by atoms with Crippen molar-refractivity contribution in [2.75, 3.05) is 11.9 Å². The number of benzene rings is 2. The van der Waals surface area contributed by atoms with Crippen molar-refractivity contribution in [3.8, 4) is 17.0 Å². The van der Waals surface area contributed by atoms with E-state index < -0.39 is 0 Å². The lowest BCUT2D eigenvalue weighted by Gasteiger charge is -2.06. The summed E-state index contributed by atoms with van der Waals surface area (Å²) in [5.74, 6) is 0.805. The van der Waals surface area contributed by atoms with E-state index in [1.165, 1.54) is 11.3 Å². The molecule has 0 unspecified atom stereocenters. The summed E-state index contributed by atoms with van der Waals surface area (Å²) in [7, 11) is 0. The molecule has 3 rings (SSSR count). The first-order valence-corrected chi connectivity index (χ1v) is 9.45. The van der Waals surface area contributed by atoms with Crippen molar-refractivity contribution in [2.45, 2.75) is 26.7 Å². The highest BCUT2D eigenvalue weighted by Gasteiger charge is 2.11. The minimum absolute atomic E-state index is 0.0359. The number of nitrogens with zero attached hydrogens (tertiary/aromatic N) is 1. The fourth-order valence-electron chi connectivity index (χ4n) is 2.62. The number of nitrogens with one attached hydrogen (secondary N) is 1. The van der Waals surface area contributed by atoms with Crippen LogP contribution in [0.1, 0.15) is 23.3 Å². The normalized spacial score (nSPS) is 10.5. The van der Waals surface area contributed by atoms with Crippen LogP contribution >= 0.6 is 11.3 Å². The second-order valence-electron chi connectivity index (χ2n) is 6.11. The maximum absolute atomic E-state index is 12.1. The molecule has 2 aromatic carbocycles. The second-order valence-corrected chi connectivity index (χ2v) is 7.31. The molecule has 1 heterocycles. The van der Waals surface area contributed by atoms with Gasteiger partial charge in [0.05, 0.1) is 12.3 Å². The number of aromatic nitrogens is 1. The van der Waals surface area contributed by atoms with Crippen LogP contribution in [0.2, 0.25) is 0 Å². The summed E-state index contributed by atoms with van der Waals surface area (Å²) in [6, 6.07) is 17.9. The fourth-order valence-corrected chi connectivity index (χ4v) is 3.48.